The van der Waals surface area contributed by atoms with Crippen molar-refractivity contribution in [1.29, 1.82) is 0 Å². The van der Waals surface area contributed by atoms with E-state index in [-0.39, 0.29) is 12.1 Å². The van der Waals surface area contributed by atoms with Crippen LogP contribution in [-0.4, -0.2) is 30.9 Å². The maximum absolute atomic E-state index is 12.6. The van der Waals surface area contributed by atoms with Crippen LogP contribution in [0.4, 0.5) is 24.5 Å². The van der Waals surface area contributed by atoms with Gasteiger partial charge >= 0.3 is 12.1 Å². The van der Waals surface area contributed by atoms with E-state index in [9.17, 15) is 42.4 Å². The molecule has 0 radical (unpaired) electrons. The number of halogens is 3. The fourth-order valence-corrected chi connectivity index (χ4v) is 2.55. The minimum atomic E-state index is -5.11. The summed E-state index contributed by atoms with van der Waals surface area (Å²) in [5.41, 5.74) is -4.54. The number of benzene rings is 1. The fourth-order valence-electron chi connectivity index (χ4n) is 1.45. The van der Waals surface area contributed by atoms with Gasteiger partial charge < -0.3 is 5.11 Å². The van der Waals surface area contributed by atoms with Gasteiger partial charge in [0.2, 0.25) is 0 Å². The molecule has 0 saturated carbocycles. The molecule has 13 heteroatoms. The van der Waals surface area contributed by atoms with E-state index in [4.69, 9.17) is 5.11 Å². The molecule has 120 valence electrons. The number of carbonyl (C=O) groups is 1. The second-order valence-corrected chi connectivity index (χ2v) is 5.13. The summed E-state index contributed by atoms with van der Waals surface area (Å²) in [6, 6.07) is -0.0514. The van der Waals surface area contributed by atoms with Crippen LogP contribution in [-0.2, 0) is 21.8 Å². The van der Waals surface area contributed by atoms with E-state index in [1.54, 1.807) is 0 Å². The van der Waals surface area contributed by atoms with E-state index in [2.05, 4.69) is 0 Å². The van der Waals surface area contributed by atoms with Gasteiger partial charge in [-0.2, -0.15) is 13.2 Å². The summed E-state index contributed by atoms with van der Waals surface area (Å²) in [7, 11) is -2.76. The standard InChI is InChI=1S/C9H5F3N2O7S/c10-9(11,12)4-1-5(13(17)18)8(6(2-4)14(19)20)22(21)3-7(15)16/h1-2H,3H2,(H,15,16)/t22-/m1/s1. The third kappa shape index (κ3) is 3.75. The van der Waals surface area contributed by atoms with Crippen molar-refractivity contribution in [2.45, 2.75) is 11.1 Å². The molecule has 22 heavy (non-hydrogen) atoms. The highest BCUT2D eigenvalue weighted by Gasteiger charge is 2.39. The van der Waals surface area contributed by atoms with Crippen molar-refractivity contribution >= 4 is 28.1 Å². The Morgan fingerprint density at radius 2 is 1.59 bits per heavy atom. The van der Waals surface area contributed by atoms with Gasteiger partial charge in [0.15, 0.2) is 4.90 Å². The molecule has 1 rings (SSSR count). The lowest BCUT2D eigenvalue weighted by Gasteiger charge is -2.09. The minimum Gasteiger partial charge on any atom is -0.481 e. The van der Waals surface area contributed by atoms with Gasteiger partial charge in [0.05, 0.1) is 26.2 Å². The van der Waals surface area contributed by atoms with Gasteiger partial charge in [-0.1, -0.05) is 0 Å². The average Bonchev–Trinajstić information content (AvgIpc) is 2.34. The SMILES string of the molecule is O=C(O)C[S@@](=O)c1c([N+](=O)[O-])cc(C(F)(F)F)cc1[N+](=O)[O-]. The van der Waals surface area contributed by atoms with Gasteiger partial charge in [-0.15, -0.1) is 0 Å². The van der Waals surface area contributed by atoms with Crippen LogP contribution in [0.1, 0.15) is 5.56 Å². The van der Waals surface area contributed by atoms with Crippen LogP contribution in [0.3, 0.4) is 0 Å². The summed E-state index contributed by atoms with van der Waals surface area (Å²) in [5, 5.41) is 30.1. The van der Waals surface area contributed by atoms with Crippen LogP contribution < -0.4 is 0 Å². The maximum Gasteiger partial charge on any atom is 0.416 e. The normalized spacial score (nSPS) is 12.7. The molecule has 9 nitrogen and oxygen atoms in total. The lowest BCUT2D eigenvalue weighted by Crippen LogP contribution is -2.14. The lowest BCUT2D eigenvalue weighted by molar-refractivity contribution is -0.400. The molecule has 0 bridgehead atoms. The van der Waals surface area contributed by atoms with Crippen LogP contribution in [0.15, 0.2) is 17.0 Å². The van der Waals surface area contributed by atoms with E-state index < -0.39 is 60.4 Å². The molecule has 0 aromatic heterocycles. The molecular formula is C9H5F3N2O7S. The monoisotopic (exact) mass is 342 g/mol. The molecule has 0 aliphatic carbocycles. The summed E-state index contributed by atoms with van der Waals surface area (Å²) in [4.78, 5) is 28.1. The van der Waals surface area contributed by atoms with Gasteiger partial charge in [0.25, 0.3) is 11.4 Å². The quantitative estimate of drug-likeness (QED) is 0.634. The Morgan fingerprint density at radius 3 is 1.86 bits per heavy atom. The third-order valence-electron chi connectivity index (χ3n) is 2.25. The number of alkyl halides is 3. The minimum absolute atomic E-state index is 0.0257. The number of carboxylic acids is 1. The molecule has 0 aliphatic heterocycles. The van der Waals surface area contributed by atoms with Crippen LogP contribution in [0.5, 0.6) is 0 Å². The summed E-state index contributed by atoms with van der Waals surface area (Å²) in [6.45, 7) is 0. The zero-order chi connectivity index (χ0) is 17.2. The average molecular weight is 342 g/mol. The Hall–Kier alpha value is -2.57. The van der Waals surface area contributed by atoms with Crippen LogP contribution in [0.25, 0.3) is 0 Å². The molecule has 0 saturated heterocycles. The number of aliphatic carboxylic acids is 1. The van der Waals surface area contributed by atoms with E-state index in [0.29, 0.717) is 0 Å². The lowest BCUT2D eigenvalue weighted by atomic mass is 10.1. The molecule has 1 N–H and O–H groups in total. The third-order valence-corrected chi connectivity index (χ3v) is 3.64. The first-order chi connectivity index (χ1) is 9.95. The van der Waals surface area contributed by atoms with Crippen LogP contribution in [0.2, 0.25) is 0 Å². The number of hydrogen-bond donors (Lipinski definition) is 1. The predicted octanol–water partition coefficient (Wildman–Crippen LogP) is 1.71. The highest BCUT2D eigenvalue weighted by Crippen LogP contribution is 2.39. The van der Waals surface area contributed by atoms with Crippen molar-refractivity contribution in [3.63, 3.8) is 0 Å². The van der Waals surface area contributed by atoms with Crippen molar-refractivity contribution in [3.8, 4) is 0 Å². The highest BCUT2D eigenvalue weighted by atomic mass is 32.2. The molecule has 0 fully saturated rings. The predicted molar refractivity (Wildman–Crippen MR) is 63.7 cm³/mol. The van der Waals surface area contributed by atoms with E-state index in [0.717, 1.165) is 0 Å². The molecule has 0 unspecified atom stereocenters. The van der Waals surface area contributed by atoms with Crippen molar-refractivity contribution in [3.05, 3.63) is 37.9 Å². The summed E-state index contributed by atoms with van der Waals surface area (Å²) in [6.07, 6.45) is -5.11. The van der Waals surface area contributed by atoms with Gasteiger partial charge in [-0.3, -0.25) is 29.2 Å². The second kappa shape index (κ2) is 6.05. The molecule has 0 heterocycles. The number of carboxylic acid groups (broad SMARTS) is 1. The summed E-state index contributed by atoms with van der Waals surface area (Å²) in [5.74, 6) is -2.92. The van der Waals surface area contributed by atoms with Crippen molar-refractivity contribution in [1.82, 2.24) is 0 Å². The maximum atomic E-state index is 12.6. The Labute approximate surface area is 121 Å². The van der Waals surface area contributed by atoms with E-state index >= 15 is 0 Å². The zero-order valence-corrected chi connectivity index (χ0v) is 11.0. The fraction of sp³-hybridized carbons (Fsp3) is 0.222. The summed E-state index contributed by atoms with van der Waals surface area (Å²) < 4.78 is 49.5. The summed E-state index contributed by atoms with van der Waals surface area (Å²) >= 11 is 0. The van der Waals surface area contributed by atoms with Crippen molar-refractivity contribution < 1.29 is 37.1 Å². The van der Waals surface area contributed by atoms with E-state index in [1.807, 2.05) is 0 Å². The Balaban J connectivity index is 3.72. The highest BCUT2D eigenvalue weighted by molar-refractivity contribution is 7.86. The molecule has 0 aliphatic rings. The number of nitro benzene ring substituents is 2. The molecule has 1 aromatic carbocycles. The zero-order valence-electron chi connectivity index (χ0n) is 10.2. The van der Waals surface area contributed by atoms with Gasteiger partial charge in [-0.05, 0) is 0 Å². The Bertz CT molecular complexity index is 653. The van der Waals surface area contributed by atoms with E-state index in [1.165, 1.54) is 0 Å². The second-order valence-electron chi connectivity index (χ2n) is 3.74. The largest absolute Gasteiger partial charge is 0.481 e. The number of nitrogens with zero attached hydrogens (tertiary/aromatic N) is 2. The Kier molecular flexibility index (Phi) is 4.80. The van der Waals surface area contributed by atoms with Crippen LogP contribution in [0, 0.1) is 20.2 Å². The topological polar surface area (TPSA) is 141 Å². The first-order valence-corrected chi connectivity index (χ1v) is 6.41. The van der Waals surface area contributed by atoms with Gasteiger partial charge in [0.1, 0.15) is 5.75 Å². The molecular weight excluding hydrogens is 337 g/mol. The van der Waals surface area contributed by atoms with Gasteiger partial charge in [-0.25, -0.2) is 0 Å². The van der Waals surface area contributed by atoms with Crippen LogP contribution >= 0.6 is 0 Å². The molecule has 1 atom stereocenters. The first kappa shape index (κ1) is 17.5. The number of rotatable bonds is 5. The molecule has 1 aromatic rings. The Morgan fingerprint density at radius 1 is 1.18 bits per heavy atom. The first-order valence-electron chi connectivity index (χ1n) is 5.09. The molecule has 0 amide bonds. The smallest absolute Gasteiger partial charge is 0.416 e. The number of nitro groups is 2. The van der Waals surface area contributed by atoms with Gasteiger partial charge in [0, 0.05) is 12.1 Å². The van der Waals surface area contributed by atoms with Crippen molar-refractivity contribution in [2.24, 2.45) is 0 Å². The van der Waals surface area contributed by atoms with Crippen molar-refractivity contribution in [2.75, 3.05) is 5.75 Å². The number of hydrogen-bond acceptors (Lipinski definition) is 6. The molecule has 0 spiro atoms.